The molecule has 46 heavy (non-hydrogen) atoms. The highest BCUT2D eigenvalue weighted by Gasteiger charge is 2.22. The molecule has 0 radical (unpaired) electrons. The Morgan fingerprint density at radius 1 is 0.565 bits per heavy atom. The van der Waals surface area contributed by atoms with Crippen molar-refractivity contribution in [2.75, 3.05) is 0 Å². The van der Waals surface area contributed by atoms with Gasteiger partial charge < -0.3 is 8.98 Å². The van der Waals surface area contributed by atoms with E-state index in [1.165, 1.54) is 0 Å². The molecule has 0 saturated carbocycles. The van der Waals surface area contributed by atoms with E-state index in [4.69, 9.17) is 19.4 Å². The minimum absolute atomic E-state index is 0.573. The van der Waals surface area contributed by atoms with Gasteiger partial charge in [0.25, 0.3) is 0 Å². The summed E-state index contributed by atoms with van der Waals surface area (Å²) in [5, 5.41) is 13.6. The zero-order valence-corrected chi connectivity index (χ0v) is 24.4. The Bertz CT molecular complexity index is 2580. The number of hydrogen-bond donors (Lipinski definition) is 0. The summed E-state index contributed by atoms with van der Waals surface area (Å²) in [6.07, 6.45) is 0. The highest BCUT2D eigenvalue weighted by atomic mass is 16.3. The third-order valence-corrected chi connectivity index (χ3v) is 8.47. The molecule has 3 heterocycles. The Morgan fingerprint density at radius 3 is 1.87 bits per heavy atom. The number of para-hydroxylation sites is 1. The van der Waals surface area contributed by atoms with Crippen molar-refractivity contribution in [2.45, 2.75) is 0 Å². The van der Waals surface area contributed by atoms with Crippen LogP contribution < -0.4 is 0 Å². The minimum Gasteiger partial charge on any atom is -0.454 e. The summed E-state index contributed by atoms with van der Waals surface area (Å²) in [4.78, 5) is 14.9. The van der Waals surface area contributed by atoms with Gasteiger partial charge in [-0.25, -0.2) is 15.0 Å². The van der Waals surface area contributed by atoms with Crippen molar-refractivity contribution in [3.05, 3.63) is 145 Å². The normalized spacial score (nSPS) is 11.5. The maximum atomic E-state index is 9.69. The quantitative estimate of drug-likeness (QED) is 0.204. The van der Waals surface area contributed by atoms with Crippen molar-refractivity contribution < 1.29 is 4.42 Å². The van der Waals surface area contributed by atoms with E-state index in [0.29, 0.717) is 23.0 Å². The number of aromatic nitrogens is 4. The Labute approximate surface area is 263 Å². The van der Waals surface area contributed by atoms with Crippen molar-refractivity contribution in [2.24, 2.45) is 0 Å². The molecule has 9 aromatic rings. The molecule has 6 heteroatoms. The third kappa shape index (κ3) is 4.00. The van der Waals surface area contributed by atoms with Crippen LogP contribution in [-0.2, 0) is 0 Å². The van der Waals surface area contributed by atoms with Gasteiger partial charge in [0, 0.05) is 43.9 Å². The smallest absolute Gasteiger partial charge is 0.164 e. The molecule has 0 saturated heterocycles. The molecule has 3 aromatic heterocycles. The molecule has 6 nitrogen and oxygen atoms in total. The second-order valence-electron chi connectivity index (χ2n) is 11.2. The fourth-order valence-corrected chi connectivity index (χ4v) is 6.41. The van der Waals surface area contributed by atoms with Crippen LogP contribution >= 0.6 is 0 Å². The molecule has 0 aliphatic heterocycles. The molecule has 0 bridgehead atoms. The van der Waals surface area contributed by atoms with Crippen LogP contribution in [0.2, 0.25) is 0 Å². The van der Waals surface area contributed by atoms with E-state index < -0.39 is 0 Å². The van der Waals surface area contributed by atoms with Crippen LogP contribution in [-0.4, -0.2) is 19.5 Å². The first kappa shape index (κ1) is 25.9. The summed E-state index contributed by atoms with van der Waals surface area (Å²) in [6.45, 7) is 0. The molecular weight excluding hydrogens is 566 g/mol. The predicted molar refractivity (Wildman–Crippen MR) is 182 cm³/mol. The summed E-state index contributed by atoms with van der Waals surface area (Å²) in [6, 6.07) is 48.6. The van der Waals surface area contributed by atoms with Crippen molar-refractivity contribution in [3.63, 3.8) is 0 Å². The van der Waals surface area contributed by atoms with E-state index in [2.05, 4.69) is 34.9 Å². The Balaban J connectivity index is 1.36. The fraction of sp³-hybridized carbons (Fsp3) is 0. The zero-order valence-electron chi connectivity index (χ0n) is 24.4. The summed E-state index contributed by atoms with van der Waals surface area (Å²) < 4.78 is 8.97. The lowest BCUT2D eigenvalue weighted by atomic mass is 10.0. The van der Waals surface area contributed by atoms with E-state index in [9.17, 15) is 5.26 Å². The van der Waals surface area contributed by atoms with Gasteiger partial charge in [-0.2, -0.15) is 5.26 Å². The van der Waals surface area contributed by atoms with Gasteiger partial charge in [0.15, 0.2) is 23.1 Å². The number of nitriles is 1. The highest BCUT2D eigenvalue weighted by molar-refractivity contribution is 6.23. The monoisotopic (exact) mass is 589 g/mol. The van der Waals surface area contributed by atoms with Gasteiger partial charge in [0.05, 0.1) is 22.7 Å². The maximum absolute atomic E-state index is 9.69. The number of nitrogens with zero attached hydrogens (tertiary/aromatic N) is 5. The molecular formula is C40H23N5O. The number of hydrogen-bond acceptors (Lipinski definition) is 5. The lowest BCUT2D eigenvalue weighted by Gasteiger charge is -2.09. The standard InChI is InChI=1S/C40H23N5O/c41-24-25-19-22-33-32(23-25)29-20-21-30-35-31(17-10-18-34(35)46-37(30)36(29)45(33)28-15-8-3-9-16-28)40-43-38(26-11-4-1-5-12-26)42-39(44-40)27-13-6-2-7-14-27/h1-23H. The van der Waals surface area contributed by atoms with Crippen molar-refractivity contribution >= 4 is 43.7 Å². The average Bonchev–Trinajstić information content (AvgIpc) is 3.68. The van der Waals surface area contributed by atoms with Gasteiger partial charge in [-0.3, -0.25) is 0 Å². The molecule has 0 atom stereocenters. The van der Waals surface area contributed by atoms with E-state index in [0.717, 1.165) is 66.1 Å². The highest BCUT2D eigenvalue weighted by Crippen LogP contribution is 2.43. The van der Waals surface area contributed by atoms with Crippen LogP contribution in [0.1, 0.15) is 5.56 Å². The maximum Gasteiger partial charge on any atom is 0.164 e. The van der Waals surface area contributed by atoms with Crippen molar-refractivity contribution in [1.29, 1.82) is 5.26 Å². The number of rotatable bonds is 4. The van der Waals surface area contributed by atoms with Crippen LogP contribution in [0.4, 0.5) is 0 Å². The molecule has 6 aromatic carbocycles. The molecule has 0 aliphatic rings. The van der Waals surface area contributed by atoms with Crippen LogP contribution in [0.3, 0.4) is 0 Å². The van der Waals surface area contributed by atoms with Gasteiger partial charge >= 0.3 is 0 Å². The zero-order chi connectivity index (χ0) is 30.6. The Morgan fingerprint density at radius 2 is 1.20 bits per heavy atom. The van der Waals surface area contributed by atoms with Crippen molar-refractivity contribution in [3.8, 4) is 45.9 Å². The van der Waals surface area contributed by atoms with E-state index in [-0.39, 0.29) is 0 Å². The molecule has 0 aliphatic carbocycles. The lowest BCUT2D eigenvalue weighted by Crippen LogP contribution is -2.00. The van der Waals surface area contributed by atoms with E-state index >= 15 is 0 Å². The SMILES string of the molecule is N#Cc1ccc2c(c1)c1ccc3c(oc4cccc(-c5nc(-c6ccccc6)nc(-c6ccccc6)n5)c43)c1n2-c1ccccc1. The van der Waals surface area contributed by atoms with Gasteiger partial charge in [-0.05, 0) is 42.5 Å². The van der Waals surface area contributed by atoms with Gasteiger partial charge in [-0.15, -0.1) is 0 Å². The first-order chi connectivity index (χ1) is 22.8. The first-order valence-corrected chi connectivity index (χ1v) is 15.0. The minimum atomic E-state index is 0.573. The molecule has 214 valence electrons. The molecule has 9 rings (SSSR count). The second-order valence-corrected chi connectivity index (χ2v) is 11.2. The fourth-order valence-electron chi connectivity index (χ4n) is 6.41. The molecule has 0 amide bonds. The Hall–Kier alpha value is -6.58. The first-order valence-electron chi connectivity index (χ1n) is 15.0. The van der Waals surface area contributed by atoms with Crippen LogP contribution in [0.25, 0.3) is 83.6 Å². The average molecular weight is 590 g/mol. The van der Waals surface area contributed by atoms with Crippen LogP contribution in [0, 0.1) is 11.3 Å². The lowest BCUT2D eigenvalue weighted by molar-refractivity contribution is 0.671. The second kappa shape index (κ2) is 10.3. The third-order valence-electron chi connectivity index (χ3n) is 8.47. The molecule has 0 unspecified atom stereocenters. The molecule has 0 fully saturated rings. The summed E-state index contributed by atoms with van der Waals surface area (Å²) in [5.41, 5.74) is 7.78. The summed E-state index contributed by atoms with van der Waals surface area (Å²) in [5.74, 6) is 1.78. The molecule has 0 N–H and O–H groups in total. The largest absolute Gasteiger partial charge is 0.454 e. The number of furan rings is 1. The summed E-state index contributed by atoms with van der Waals surface area (Å²) in [7, 11) is 0. The predicted octanol–water partition coefficient (Wildman–Crippen LogP) is 9.74. The number of fused-ring (bicyclic) bond motifs is 7. The van der Waals surface area contributed by atoms with Gasteiger partial charge in [0.1, 0.15) is 5.58 Å². The van der Waals surface area contributed by atoms with E-state index in [1.54, 1.807) is 0 Å². The number of benzene rings is 6. The van der Waals surface area contributed by atoms with Crippen LogP contribution in [0.15, 0.2) is 144 Å². The Kier molecular flexibility index (Phi) is 5.77. The molecule has 0 spiro atoms. The van der Waals surface area contributed by atoms with Crippen LogP contribution in [0.5, 0.6) is 0 Å². The summed E-state index contributed by atoms with van der Waals surface area (Å²) >= 11 is 0. The van der Waals surface area contributed by atoms with Crippen molar-refractivity contribution in [1.82, 2.24) is 19.5 Å². The topological polar surface area (TPSA) is 80.5 Å². The van der Waals surface area contributed by atoms with Gasteiger partial charge in [0.2, 0.25) is 0 Å². The van der Waals surface area contributed by atoms with E-state index in [1.807, 2.05) is 115 Å². The van der Waals surface area contributed by atoms with Gasteiger partial charge in [-0.1, -0.05) is 97.1 Å².